The lowest BCUT2D eigenvalue weighted by Gasteiger charge is -2.02. The van der Waals surface area contributed by atoms with Crippen molar-refractivity contribution >= 4 is 17.1 Å². The van der Waals surface area contributed by atoms with Crippen molar-refractivity contribution in [2.24, 2.45) is 0 Å². The van der Waals surface area contributed by atoms with Gasteiger partial charge < -0.3 is 0 Å². The number of hydrogen-bond donors (Lipinski definition) is 0. The zero-order valence-corrected chi connectivity index (χ0v) is 10.1. The molecule has 0 amide bonds. The highest BCUT2D eigenvalue weighted by atomic mass is 32.1. The molecule has 0 saturated heterocycles. The Kier molecular flexibility index (Phi) is 3.55. The Morgan fingerprint density at radius 1 is 1.10 bits per heavy atom. The molecule has 1 aromatic heterocycles. The summed E-state index contributed by atoms with van der Waals surface area (Å²) in [4.78, 5) is 14.1. The molecular formula is C11H3F6NOS. The summed E-state index contributed by atoms with van der Waals surface area (Å²) in [5.41, 5.74) is -1.12. The van der Waals surface area contributed by atoms with Crippen LogP contribution in [0.2, 0.25) is 0 Å². The van der Waals surface area contributed by atoms with Gasteiger partial charge in [0.25, 0.3) is 0 Å². The SMILES string of the molecule is O=C(c1cnc(C(F)(F)F)s1)c1c(F)cc(F)cc1F. The first-order valence-corrected chi connectivity index (χ1v) is 5.74. The van der Waals surface area contributed by atoms with E-state index in [2.05, 4.69) is 4.98 Å². The molecule has 1 heterocycles. The van der Waals surface area contributed by atoms with Gasteiger partial charge in [-0.2, -0.15) is 13.2 Å². The molecule has 2 nitrogen and oxygen atoms in total. The number of aromatic nitrogens is 1. The Morgan fingerprint density at radius 3 is 2.10 bits per heavy atom. The number of carbonyl (C=O) groups excluding carboxylic acids is 1. The molecular weight excluding hydrogens is 308 g/mol. The number of hydrogen-bond acceptors (Lipinski definition) is 3. The summed E-state index contributed by atoms with van der Waals surface area (Å²) in [6.07, 6.45) is -4.19. The highest BCUT2D eigenvalue weighted by Crippen LogP contribution is 2.33. The molecule has 0 aliphatic heterocycles. The highest BCUT2D eigenvalue weighted by molar-refractivity contribution is 7.13. The third kappa shape index (κ3) is 2.67. The number of alkyl halides is 3. The van der Waals surface area contributed by atoms with Gasteiger partial charge in [-0.3, -0.25) is 4.79 Å². The Bertz CT molecular complexity index is 655. The van der Waals surface area contributed by atoms with E-state index in [1.54, 1.807) is 0 Å². The van der Waals surface area contributed by atoms with Crippen molar-refractivity contribution in [2.45, 2.75) is 6.18 Å². The van der Waals surface area contributed by atoms with Gasteiger partial charge in [-0.25, -0.2) is 18.2 Å². The molecule has 1 aromatic carbocycles. The zero-order valence-electron chi connectivity index (χ0n) is 9.26. The maximum atomic E-state index is 13.3. The van der Waals surface area contributed by atoms with Crippen LogP contribution in [0.25, 0.3) is 0 Å². The van der Waals surface area contributed by atoms with Gasteiger partial charge in [0.05, 0.1) is 10.4 Å². The predicted molar refractivity (Wildman–Crippen MR) is 56.9 cm³/mol. The van der Waals surface area contributed by atoms with Gasteiger partial charge >= 0.3 is 6.18 Å². The van der Waals surface area contributed by atoms with E-state index in [1.165, 1.54) is 0 Å². The molecule has 0 N–H and O–H groups in total. The molecule has 2 rings (SSSR count). The minimum absolute atomic E-state index is 0.0484. The van der Waals surface area contributed by atoms with Crippen molar-refractivity contribution in [3.63, 3.8) is 0 Å². The number of nitrogens with zero attached hydrogens (tertiary/aromatic N) is 1. The predicted octanol–water partition coefficient (Wildman–Crippen LogP) is 3.81. The summed E-state index contributed by atoms with van der Waals surface area (Å²) in [6.45, 7) is 0. The Labute approximate surface area is 111 Å². The molecule has 106 valence electrons. The fourth-order valence-corrected chi connectivity index (χ4v) is 2.12. The standard InChI is InChI=1S/C11H3F6NOS/c12-4-1-5(13)8(6(14)2-4)9(19)7-3-18-10(20-7)11(15,16)17/h1-3H. The second-order valence-electron chi connectivity index (χ2n) is 3.60. The summed E-state index contributed by atoms with van der Waals surface area (Å²) in [5, 5.41) is -1.32. The second kappa shape index (κ2) is 4.89. The third-order valence-electron chi connectivity index (χ3n) is 2.21. The minimum Gasteiger partial charge on any atom is -0.287 e. The summed E-state index contributed by atoms with van der Waals surface area (Å²) < 4.78 is 76.3. The van der Waals surface area contributed by atoms with Crippen molar-refractivity contribution in [1.29, 1.82) is 0 Å². The fraction of sp³-hybridized carbons (Fsp3) is 0.0909. The number of ketones is 1. The van der Waals surface area contributed by atoms with Gasteiger partial charge in [-0.1, -0.05) is 0 Å². The van der Waals surface area contributed by atoms with Crippen LogP contribution in [0.5, 0.6) is 0 Å². The maximum absolute atomic E-state index is 13.3. The van der Waals surface area contributed by atoms with Gasteiger partial charge in [0.15, 0.2) is 5.01 Å². The molecule has 0 bridgehead atoms. The van der Waals surface area contributed by atoms with E-state index in [1.807, 2.05) is 0 Å². The molecule has 0 spiro atoms. The number of thiazole rings is 1. The van der Waals surface area contributed by atoms with Gasteiger partial charge in [-0.15, -0.1) is 11.3 Å². The molecule has 2 aromatic rings. The Morgan fingerprint density at radius 2 is 1.65 bits per heavy atom. The van der Waals surface area contributed by atoms with Crippen LogP contribution in [0.4, 0.5) is 26.3 Å². The Hall–Kier alpha value is -1.90. The van der Waals surface area contributed by atoms with Crippen LogP contribution in [-0.4, -0.2) is 10.8 Å². The van der Waals surface area contributed by atoms with Crippen LogP contribution in [0.3, 0.4) is 0 Å². The molecule has 9 heteroatoms. The number of rotatable bonds is 2. The first kappa shape index (κ1) is 14.5. The van der Waals surface area contributed by atoms with Gasteiger partial charge in [-0.05, 0) is 0 Å². The molecule has 0 radical (unpaired) electrons. The van der Waals surface area contributed by atoms with E-state index >= 15 is 0 Å². The average molecular weight is 311 g/mol. The van der Waals surface area contributed by atoms with Crippen LogP contribution in [0.15, 0.2) is 18.3 Å². The van der Waals surface area contributed by atoms with E-state index in [0.717, 1.165) is 0 Å². The normalized spacial score (nSPS) is 11.7. The van der Waals surface area contributed by atoms with Crippen molar-refractivity contribution in [1.82, 2.24) is 4.98 Å². The van der Waals surface area contributed by atoms with E-state index in [9.17, 15) is 31.1 Å². The number of benzene rings is 1. The Balaban J connectivity index is 2.45. The largest absolute Gasteiger partial charge is 0.443 e. The van der Waals surface area contributed by atoms with Crippen molar-refractivity contribution < 1.29 is 31.1 Å². The van der Waals surface area contributed by atoms with Gasteiger partial charge in [0, 0.05) is 18.3 Å². The van der Waals surface area contributed by atoms with E-state index in [4.69, 9.17) is 0 Å². The van der Waals surface area contributed by atoms with E-state index in [-0.39, 0.29) is 23.5 Å². The molecule has 0 atom stereocenters. The van der Waals surface area contributed by atoms with Crippen molar-refractivity contribution in [3.05, 3.63) is 51.2 Å². The average Bonchev–Trinajstić information content (AvgIpc) is 2.75. The molecule has 0 unspecified atom stereocenters. The lowest BCUT2D eigenvalue weighted by atomic mass is 10.1. The first-order valence-electron chi connectivity index (χ1n) is 4.92. The van der Waals surface area contributed by atoms with Crippen LogP contribution < -0.4 is 0 Å². The lowest BCUT2D eigenvalue weighted by molar-refractivity contribution is -0.137. The highest BCUT2D eigenvalue weighted by Gasteiger charge is 2.35. The molecule has 0 saturated carbocycles. The van der Waals surface area contributed by atoms with Crippen LogP contribution in [-0.2, 0) is 6.18 Å². The van der Waals surface area contributed by atoms with Crippen LogP contribution in [0.1, 0.15) is 20.2 Å². The van der Waals surface area contributed by atoms with Gasteiger partial charge in [0.1, 0.15) is 17.5 Å². The first-order chi connectivity index (χ1) is 9.20. The summed E-state index contributed by atoms with van der Waals surface area (Å²) in [6, 6.07) is 0.532. The third-order valence-corrected chi connectivity index (χ3v) is 3.25. The fourth-order valence-electron chi connectivity index (χ4n) is 1.39. The molecule has 20 heavy (non-hydrogen) atoms. The zero-order chi connectivity index (χ0) is 15.1. The van der Waals surface area contributed by atoms with Gasteiger partial charge in [0.2, 0.25) is 5.78 Å². The van der Waals surface area contributed by atoms with Crippen LogP contribution >= 0.6 is 11.3 Å². The second-order valence-corrected chi connectivity index (χ2v) is 4.63. The lowest BCUT2D eigenvalue weighted by Crippen LogP contribution is -2.07. The summed E-state index contributed by atoms with van der Waals surface area (Å²) in [5.74, 6) is -5.55. The molecule has 0 aliphatic rings. The number of carbonyl (C=O) groups is 1. The van der Waals surface area contributed by atoms with E-state index in [0.29, 0.717) is 6.20 Å². The quantitative estimate of drug-likeness (QED) is 0.623. The van der Waals surface area contributed by atoms with Crippen molar-refractivity contribution in [3.8, 4) is 0 Å². The van der Waals surface area contributed by atoms with Crippen molar-refractivity contribution in [2.75, 3.05) is 0 Å². The molecule has 0 fully saturated rings. The maximum Gasteiger partial charge on any atom is 0.443 e. The van der Waals surface area contributed by atoms with E-state index < -0.39 is 44.9 Å². The monoisotopic (exact) mass is 311 g/mol. The minimum atomic E-state index is -4.76. The smallest absolute Gasteiger partial charge is 0.287 e. The number of halogens is 6. The topological polar surface area (TPSA) is 30.0 Å². The summed E-state index contributed by atoms with van der Waals surface area (Å²) in [7, 11) is 0. The summed E-state index contributed by atoms with van der Waals surface area (Å²) >= 11 is -0.0484. The molecule has 0 aliphatic carbocycles. The van der Waals surface area contributed by atoms with Crippen LogP contribution in [0, 0.1) is 17.5 Å².